The van der Waals surface area contributed by atoms with Gasteiger partial charge in [0, 0.05) is 6.04 Å². The SMILES string of the molecule is N[C@H](Cc1ccccc1)Cn1cncn1. The Kier molecular flexibility index (Phi) is 3.09. The molecule has 0 radical (unpaired) electrons. The van der Waals surface area contributed by atoms with Gasteiger partial charge in [0.05, 0.1) is 6.54 Å². The van der Waals surface area contributed by atoms with Crippen LogP contribution in [0.5, 0.6) is 0 Å². The summed E-state index contributed by atoms with van der Waals surface area (Å²) in [6, 6.07) is 10.3. The van der Waals surface area contributed by atoms with Crippen LogP contribution in [0.25, 0.3) is 0 Å². The molecule has 1 atom stereocenters. The highest BCUT2D eigenvalue weighted by atomic mass is 15.3. The minimum absolute atomic E-state index is 0.0779. The van der Waals surface area contributed by atoms with Crippen LogP contribution in [-0.4, -0.2) is 20.8 Å². The minimum atomic E-state index is 0.0779. The number of hydrogen-bond acceptors (Lipinski definition) is 3. The largest absolute Gasteiger partial charge is 0.326 e. The molecule has 0 saturated heterocycles. The summed E-state index contributed by atoms with van der Waals surface area (Å²) >= 11 is 0. The van der Waals surface area contributed by atoms with Gasteiger partial charge in [-0.2, -0.15) is 5.10 Å². The summed E-state index contributed by atoms with van der Waals surface area (Å²) < 4.78 is 1.76. The van der Waals surface area contributed by atoms with Crippen LogP contribution in [0.4, 0.5) is 0 Å². The van der Waals surface area contributed by atoms with Gasteiger partial charge >= 0.3 is 0 Å². The fourth-order valence-electron chi connectivity index (χ4n) is 1.55. The fourth-order valence-corrected chi connectivity index (χ4v) is 1.55. The van der Waals surface area contributed by atoms with Crippen molar-refractivity contribution in [3.05, 3.63) is 48.5 Å². The van der Waals surface area contributed by atoms with Gasteiger partial charge in [-0.15, -0.1) is 0 Å². The zero-order valence-electron chi connectivity index (χ0n) is 8.45. The Morgan fingerprint density at radius 3 is 2.73 bits per heavy atom. The first-order valence-corrected chi connectivity index (χ1v) is 4.96. The maximum absolute atomic E-state index is 6.01. The van der Waals surface area contributed by atoms with E-state index in [0.29, 0.717) is 6.54 Å². The van der Waals surface area contributed by atoms with Gasteiger partial charge in [-0.05, 0) is 12.0 Å². The van der Waals surface area contributed by atoms with Crippen molar-refractivity contribution >= 4 is 0 Å². The Morgan fingerprint density at radius 1 is 1.27 bits per heavy atom. The quantitative estimate of drug-likeness (QED) is 0.799. The Bertz CT molecular complexity index is 382. The smallest absolute Gasteiger partial charge is 0.137 e. The molecule has 78 valence electrons. The predicted molar refractivity (Wildman–Crippen MR) is 58.1 cm³/mol. The Hall–Kier alpha value is -1.68. The molecule has 0 spiro atoms. The Morgan fingerprint density at radius 2 is 2.07 bits per heavy atom. The zero-order valence-corrected chi connectivity index (χ0v) is 8.45. The van der Waals surface area contributed by atoms with Crippen molar-refractivity contribution in [3.63, 3.8) is 0 Å². The van der Waals surface area contributed by atoms with Crippen molar-refractivity contribution in [2.45, 2.75) is 19.0 Å². The molecule has 0 unspecified atom stereocenters. The van der Waals surface area contributed by atoms with Gasteiger partial charge in [0.25, 0.3) is 0 Å². The monoisotopic (exact) mass is 202 g/mol. The number of nitrogens with zero attached hydrogens (tertiary/aromatic N) is 3. The van der Waals surface area contributed by atoms with Crippen molar-refractivity contribution < 1.29 is 0 Å². The van der Waals surface area contributed by atoms with Crippen LogP contribution in [-0.2, 0) is 13.0 Å². The molecule has 0 aliphatic rings. The summed E-state index contributed by atoms with van der Waals surface area (Å²) in [5.41, 5.74) is 7.26. The molecule has 0 fully saturated rings. The van der Waals surface area contributed by atoms with Crippen molar-refractivity contribution in [2.24, 2.45) is 5.73 Å². The van der Waals surface area contributed by atoms with Crippen LogP contribution in [0.15, 0.2) is 43.0 Å². The number of hydrogen-bond donors (Lipinski definition) is 1. The molecule has 0 saturated carbocycles. The van der Waals surface area contributed by atoms with E-state index in [2.05, 4.69) is 22.2 Å². The van der Waals surface area contributed by atoms with Gasteiger partial charge < -0.3 is 5.73 Å². The van der Waals surface area contributed by atoms with E-state index < -0.39 is 0 Å². The second-order valence-electron chi connectivity index (χ2n) is 3.57. The molecular formula is C11H14N4. The highest BCUT2D eigenvalue weighted by Gasteiger charge is 2.04. The minimum Gasteiger partial charge on any atom is -0.326 e. The molecule has 2 N–H and O–H groups in total. The average molecular weight is 202 g/mol. The summed E-state index contributed by atoms with van der Waals surface area (Å²) in [4.78, 5) is 3.88. The third-order valence-electron chi connectivity index (χ3n) is 2.23. The van der Waals surface area contributed by atoms with E-state index in [1.165, 1.54) is 11.9 Å². The first-order valence-electron chi connectivity index (χ1n) is 4.96. The van der Waals surface area contributed by atoms with Crippen LogP contribution >= 0.6 is 0 Å². The summed E-state index contributed by atoms with van der Waals surface area (Å²) in [7, 11) is 0. The highest BCUT2D eigenvalue weighted by Crippen LogP contribution is 2.02. The molecule has 2 rings (SSSR count). The first kappa shape index (κ1) is 9.86. The lowest BCUT2D eigenvalue weighted by Crippen LogP contribution is -2.28. The highest BCUT2D eigenvalue weighted by molar-refractivity contribution is 5.15. The van der Waals surface area contributed by atoms with E-state index in [9.17, 15) is 0 Å². The molecular weight excluding hydrogens is 188 g/mol. The number of nitrogens with two attached hydrogens (primary N) is 1. The van der Waals surface area contributed by atoms with E-state index in [0.717, 1.165) is 6.42 Å². The van der Waals surface area contributed by atoms with E-state index in [1.54, 1.807) is 11.0 Å². The first-order chi connectivity index (χ1) is 7.34. The molecule has 15 heavy (non-hydrogen) atoms. The van der Waals surface area contributed by atoms with E-state index in [4.69, 9.17) is 5.73 Å². The lowest BCUT2D eigenvalue weighted by atomic mass is 10.1. The third kappa shape index (κ3) is 2.89. The van der Waals surface area contributed by atoms with Crippen molar-refractivity contribution in [2.75, 3.05) is 0 Å². The maximum Gasteiger partial charge on any atom is 0.137 e. The molecule has 1 aromatic heterocycles. The predicted octanol–water partition coefficient (Wildman–Crippen LogP) is 0.848. The Labute approximate surface area is 88.8 Å². The third-order valence-corrected chi connectivity index (χ3v) is 2.23. The number of rotatable bonds is 4. The van der Waals surface area contributed by atoms with Crippen LogP contribution in [0, 0.1) is 0 Å². The van der Waals surface area contributed by atoms with Crippen LogP contribution < -0.4 is 5.73 Å². The summed E-state index contributed by atoms with van der Waals surface area (Å²) in [5.74, 6) is 0. The maximum atomic E-state index is 6.01. The van der Waals surface area contributed by atoms with E-state index >= 15 is 0 Å². The molecule has 4 heteroatoms. The molecule has 0 aliphatic carbocycles. The van der Waals surface area contributed by atoms with Gasteiger partial charge in [0.1, 0.15) is 12.7 Å². The van der Waals surface area contributed by atoms with Gasteiger partial charge in [-0.25, -0.2) is 4.98 Å². The normalized spacial score (nSPS) is 12.6. The lowest BCUT2D eigenvalue weighted by Gasteiger charge is -2.10. The van der Waals surface area contributed by atoms with E-state index in [1.807, 2.05) is 18.2 Å². The van der Waals surface area contributed by atoms with Gasteiger partial charge in [0.2, 0.25) is 0 Å². The molecule has 1 heterocycles. The van der Waals surface area contributed by atoms with Crippen LogP contribution in [0.1, 0.15) is 5.56 Å². The van der Waals surface area contributed by atoms with Gasteiger partial charge in [-0.1, -0.05) is 30.3 Å². The van der Waals surface area contributed by atoms with Crippen LogP contribution in [0.3, 0.4) is 0 Å². The van der Waals surface area contributed by atoms with Crippen molar-refractivity contribution in [3.8, 4) is 0 Å². The van der Waals surface area contributed by atoms with Crippen molar-refractivity contribution in [1.29, 1.82) is 0 Å². The van der Waals surface area contributed by atoms with E-state index in [-0.39, 0.29) is 6.04 Å². The fraction of sp³-hybridized carbons (Fsp3) is 0.273. The molecule has 0 amide bonds. The Balaban J connectivity index is 1.90. The summed E-state index contributed by atoms with van der Waals surface area (Å²) in [5, 5.41) is 4.02. The molecule has 0 aliphatic heterocycles. The molecule has 0 bridgehead atoms. The number of benzene rings is 1. The lowest BCUT2D eigenvalue weighted by molar-refractivity contribution is 0.507. The second-order valence-corrected chi connectivity index (χ2v) is 3.57. The van der Waals surface area contributed by atoms with Crippen LogP contribution in [0.2, 0.25) is 0 Å². The molecule has 2 aromatic rings. The summed E-state index contributed by atoms with van der Waals surface area (Å²) in [6.45, 7) is 0.703. The summed E-state index contributed by atoms with van der Waals surface area (Å²) in [6.07, 6.45) is 4.07. The number of aromatic nitrogens is 3. The average Bonchev–Trinajstić information content (AvgIpc) is 2.71. The second kappa shape index (κ2) is 4.70. The van der Waals surface area contributed by atoms with Gasteiger partial charge in [-0.3, -0.25) is 4.68 Å². The molecule has 1 aromatic carbocycles. The van der Waals surface area contributed by atoms with Crippen molar-refractivity contribution in [1.82, 2.24) is 14.8 Å². The standard InChI is InChI=1S/C11H14N4/c12-11(7-15-9-13-8-14-15)6-10-4-2-1-3-5-10/h1-5,8-9,11H,6-7,12H2/t11-/m1/s1. The zero-order chi connectivity index (χ0) is 10.5. The topological polar surface area (TPSA) is 56.7 Å². The van der Waals surface area contributed by atoms with Gasteiger partial charge in [0.15, 0.2) is 0 Å². The molecule has 4 nitrogen and oxygen atoms in total.